The maximum Gasteiger partial charge on any atom is 0.358 e. The molecule has 0 saturated carbocycles. The van der Waals surface area contributed by atoms with Crippen molar-refractivity contribution in [2.24, 2.45) is 0 Å². The molecule has 6 heteroatoms. The van der Waals surface area contributed by atoms with Crippen LogP contribution in [0.15, 0.2) is 0 Å². The molecule has 2 atom stereocenters. The van der Waals surface area contributed by atoms with E-state index in [0.29, 0.717) is 0 Å². The average Bonchev–Trinajstić information content (AvgIpc) is 2.17. The van der Waals surface area contributed by atoms with Crippen LogP contribution in [0.4, 0.5) is 0 Å². The number of ether oxygens (including phenoxy) is 2. The summed E-state index contributed by atoms with van der Waals surface area (Å²) >= 11 is 0. The number of esters is 2. The highest BCUT2D eigenvalue weighted by molar-refractivity contribution is 5.99. The zero-order valence-corrected chi connectivity index (χ0v) is 5.22. The predicted octanol–water partition coefficient (Wildman–Crippen LogP) is -2.03. The molecule has 0 bridgehead atoms. The first-order valence-electron chi connectivity index (χ1n) is 2.69. The van der Waals surface area contributed by atoms with Gasteiger partial charge >= 0.3 is 11.9 Å². The maximum atomic E-state index is 10.5. The van der Waals surface area contributed by atoms with Crippen LogP contribution in [-0.2, 0) is 23.9 Å². The van der Waals surface area contributed by atoms with Gasteiger partial charge in [0.25, 0.3) is 6.47 Å². The van der Waals surface area contributed by atoms with Crippen LogP contribution in [0.2, 0.25) is 0 Å². The number of aliphatic hydroxyl groups excluding tert-OH is 1. The Labute approximate surface area is 60.7 Å². The highest BCUT2D eigenvalue weighted by atomic mass is 16.6. The van der Waals surface area contributed by atoms with Crippen molar-refractivity contribution in [3.8, 4) is 0 Å². The summed E-state index contributed by atoms with van der Waals surface area (Å²) in [5.41, 5.74) is 0. The molecular formula is C5H4O6. The minimum atomic E-state index is -1.69. The number of hydrogen-bond acceptors (Lipinski definition) is 6. The molecule has 0 spiro atoms. The van der Waals surface area contributed by atoms with Gasteiger partial charge in [0.05, 0.1) is 0 Å². The molecule has 6 nitrogen and oxygen atoms in total. The number of hydrogen-bond donors (Lipinski definition) is 1. The summed E-state index contributed by atoms with van der Waals surface area (Å²) in [5, 5.41) is 8.78. The Morgan fingerprint density at radius 2 is 2.09 bits per heavy atom. The third-order valence-corrected chi connectivity index (χ3v) is 1.16. The number of carbonyl (C=O) groups excluding carboxylic acids is 3. The third-order valence-electron chi connectivity index (χ3n) is 1.16. The van der Waals surface area contributed by atoms with Crippen molar-refractivity contribution in [3.05, 3.63) is 0 Å². The van der Waals surface area contributed by atoms with Gasteiger partial charge in [0.2, 0.25) is 12.2 Å². The number of aliphatic hydroxyl groups is 1. The number of carbonyl (C=O) groups is 3. The Bertz CT molecular complexity index is 209. The Balaban J connectivity index is 2.70. The predicted molar refractivity (Wildman–Crippen MR) is 28.0 cm³/mol. The Hall–Kier alpha value is -1.43. The molecule has 1 rings (SSSR count). The van der Waals surface area contributed by atoms with E-state index >= 15 is 0 Å². The molecule has 0 aliphatic carbocycles. The fourth-order valence-electron chi connectivity index (χ4n) is 0.660. The lowest BCUT2D eigenvalue weighted by atomic mass is 10.2. The van der Waals surface area contributed by atoms with E-state index in [9.17, 15) is 14.4 Å². The third kappa shape index (κ3) is 1.20. The molecule has 1 heterocycles. The molecule has 60 valence electrons. The van der Waals surface area contributed by atoms with E-state index in [0.717, 1.165) is 0 Å². The van der Waals surface area contributed by atoms with Crippen molar-refractivity contribution in [2.45, 2.75) is 12.2 Å². The summed E-state index contributed by atoms with van der Waals surface area (Å²) in [6.07, 6.45) is -3.19. The molecule has 1 fully saturated rings. The van der Waals surface area contributed by atoms with E-state index in [1.807, 2.05) is 0 Å². The minimum absolute atomic E-state index is 0.0340. The van der Waals surface area contributed by atoms with Crippen LogP contribution in [0.5, 0.6) is 0 Å². The van der Waals surface area contributed by atoms with Crippen LogP contribution in [0.3, 0.4) is 0 Å². The van der Waals surface area contributed by atoms with Crippen molar-refractivity contribution in [3.63, 3.8) is 0 Å². The fraction of sp³-hybridized carbons (Fsp3) is 0.400. The molecule has 0 aromatic rings. The Morgan fingerprint density at radius 3 is 2.45 bits per heavy atom. The molecule has 0 radical (unpaired) electrons. The van der Waals surface area contributed by atoms with Gasteiger partial charge in [-0.05, 0) is 0 Å². The first-order valence-corrected chi connectivity index (χ1v) is 2.69. The first-order chi connectivity index (χ1) is 5.16. The lowest BCUT2D eigenvalue weighted by Gasteiger charge is -2.03. The van der Waals surface area contributed by atoms with E-state index in [2.05, 4.69) is 9.47 Å². The molecule has 0 aromatic carbocycles. The van der Waals surface area contributed by atoms with Gasteiger partial charge < -0.3 is 14.6 Å². The second-order valence-electron chi connectivity index (χ2n) is 1.84. The SMILES string of the molecule is O=COC1C(=O)OC(=O)C1O. The quantitative estimate of drug-likeness (QED) is 0.284. The van der Waals surface area contributed by atoms with E-state index in [1.165, 1.54) is 0 Å². The van der Waals surface area contributed by atoms with Gasteiger partial charge in [-0.25, -0.2) is 9.59 Å². The van der Waals surface area contributed by atoms with E-state index in [-0.39, 0.29) is 6.47 Å². The number of cyclic esters (lactones) is 2. The van der Waals surface area contributed by atoms with Crippen molar-refractivity contribution in [1.82, 2.24) is 0 Å². The smallest absolute Gasteiger partial charge is 0.358 e. The lowest BCUT2D eigenvalue weighted by molar-refractivity contribution is -0.157. The van der Waals surface area contributed by atoms with Gasteiger partial charge in [-0.3, -0.25) is 4.79 Å². The minimum Gasteiger partial charge on any atom is -0.449 e. The second-order valence-corrected chi connectivity index (χ2v) is 1.84. The van der Waals surface area contributed by atoms with Crippen LogP contribution in [0, 0.1) is 0 Å². The molecular weight excluding hydrogens is 156 g/mol. The molecule has 1 aliphatic heterocycles. The molecule has 1 N–H and O–H groups in total. The molecule has 1 aliphatic rings. The molecule has 0 aromatic heterocycles. The van der Waals surface area contributed by atoms with Gasteiger partial charge in [-0.2, -0.15) is 0 Å². The lowest BCUT2D eigenvalue weighted by Crippen LogP contribution is -2.31. The maximum absolute atomic E-state index is 10.5. The zero-order valence-electron chi connectivity index (χ0n) is 5.22. The van der Waals surface area contributed by atoms with Crippen molar-refractivity contribution in [1.29, 1.82) is 0 Å². The van der Waals surface area contributed by atoms with Crippen molar-refractivity contribution in [2.75, 3.05) is 0 Å². The van der Waals surface area contributed by atoms with Crippen molar-refractivity contribution < 1.29 is 29.0 Å². The van der Waals surface area contributed by atoms with Crippen LogP contribution < -0.4 is 0 Å². The van der Waals surface area contributed by atoms with E-state index in [4.69, 9.17) is 5.11 Å². The monoisotopic (exact) mass is 160 g/mol. The summed E-state index contributed by atoms with van der Waals surface area (Å²) in [7, 11) is 0. The summed E-state index contributed by atoms with van der Waals surface area (Å²) in [6, 6.07) is 0. The summed E-state index contributed by atoms with van der Waals surface area (Å²) in [6.45, 7) is -0.0340. The largest absolute Gasteiger partial charge is 0.449 e. The zero-order chi connectivity index (χ0) is 8.43. The highest BCUT2D eigenvalue weighted by Crippen LogP contribution is 2.11. The molecule has 0 amide bonds. The highest BCUT2D eigenvalue weighted by Gasteiger charge is 2.45. The van der Waals surface area contributed by atoms with Crippen LogP contribution in [-0.4, -0.2) is 35.7 Å². The summed E-state index contributed by atoms with van der Waals surface area (Å²) in [5.74, 6) is -2.14. The molecule has 11 heavy (non-hydrogen) atoms. The second kappa shape index (κ2) is 2.67. The van der Waals surface area contributed by atoms with Gasteiger partial charge in [-0.15, -0.1) is 0 Å². The van der Waals surface area contributed by atoms with Gasteiger partial charge in [0.1, 0.15) is 0 Å². The molecule has 1 saturated heterocycles. The normalized spacial score (nSPS) is 29.9. The number of rotatable bonds is 2. The topological polar surface area (TPSA) is 89.9 Å². The summed E-state index contributed by atoms with van der Waals surface area (Å²) in [4.78, 5) is 30.6. The van der Waals surface area contributed by atoms with Gasteiger partial charge in [0.15, 0.2) is 0 Å². The summed E-state index contributed by atoms with van der Waals surface area (Å²) < 4.78 is 8.00. The van der Waals surface area contributed by atoms with E-state index in [1.54, 1.807) is 0 Å². The van der Waals surface area contributed by atoms with E-state index < -0.39 is 24.1 Å². The Kier molecular flexibility index (Phi) is 1.86. The molecule has 2 unspecified atom stereocenters. The van der Waals surface area contributed by atoms with Crippen LogP contribution >= 0.6 is 0 Å². The fourth-order valence-corrected chi connectivity index (χ4v) is 0.660. The van der Waals surface area contributed by atoms with Gasteiger partial charge in [-0.1, -0.05) is 0 Å². The van der Waals surface area contributed by atoms with Crippen LogP contribution in [0.1, 0.15) is 0 Å². The van der Waals surface area contributed by atoms with Crippen molar-refractivity contribution >= 4 is 18.4 Å². The van der Waals surface area contributed by atoms with Crippen LogP contribution in [0.25, 0.3) is 0 Å². The van der Waals surface area contributed by atoms with Gasteiger partial charge in [0, 0.05) is 0 Å². The Morgan fingerprint density at radius 1 is 1.45 bits per heavy atom. The first kappa shape index (κ1) is 7.67. The average molecular weight is 160 g/mol. The standard InChI is InChI=1S/C5H4O6/c6-1-10-3-2(7)4(8)11-5(3)9/h1-3,7H.